The van der Waals surface area contributed by atoms with Crippen LogP contribution < -0.4 is 10.1 Å². The number of hydrogen-bond donors (Lipinski definition) is 2. The maximum atomic E-state index is 13.0. The molecule has 10 heteroatoms. The van der Waals surface area contributed by atoms with E-state index in [2.05, 4.69) is 35.5 Å². The SMILES string of the molecule is CCOc1cc(-n2cnc3ccc(N[C@@H](C)c4ncc(F)cn4)nc32)n[nH]1. The van der Waals surface area contributed by atoms with Crippen LogP contribution in [-0.2, 0) is 0 Å². The standard InChI is InChI=1S/C17H17FN8O/c1-3-27-15-6-14(24-25-15)26-9-21-12-4-5-13(23-17(12)26)22-10(2)16-19-7-11(18)8-20-16/h4-10H,3H2,1-2H3,(H,22,23)(H,24,25)/t10-/m0/s1. The third-order valence-electron chi connectivity index (χ3n) is 3.87. The lowest BCUT2D eigenvalue weighted by Gasteiger charge is -2.13. The number of halogens is 1. The van der Waals surface area contributed by atoms with Gasteiger partial charge in [-0.2, -0.15) is 5.10 Å². The first kappa shape index (κ1) is 16.9. The van der Waals surface area contributed by atoms with Crippen LogP contribution in [0.1, 0.15) is 25.7 Å². The maximum Gasteiger partial charge on any atom is 0.211 e. The van der Waals surface area contributed by atoms with E-state index in [1.807, 2.05) is 26.0 Å². The Morgan fingerprint density at radius 1 is 1.26 bits per heavy atom. The van der Waals surface area contributed by atoms with Crippen LogP contribution in [0.5, 0.6) is 5.88 Å². The molecule has 0 saturated heterocycles. The first-order valence-electron chi connectivity index (χ1n) is 8.40. The summed E-state index contributed by atoms with van der Waals surface area (Å²) in [7, 11) is 0. The zero-order chi connectivity index (χ0) is 18.8. The van der Waals surface area contributed by atoms with Crippen molar-refractivity contribution in [3.63, 3.8) is 0 Å². The highest BCUT2D eigenvalue weighted by Crippen LogP contribution is 2.21. The Hall–Kier alpha value is -3.56. The molecule has 0 radical (unpaired) electrons. The van der Waals surface area contributed by atoms with Crippen LogP contribution in [0, 0.1) is 5.82 Å². The van der Waals surface area contributed by atoms with Crippen molar-refractivity contribution >= 4 is 17.0 Å². The summed E-state index contributed by atoms with van der Waals surface area (Å²) in [6.07, 6.45) is 3.93. The smallest absolute Gasteiger partial charge is 0.211 e. The van der Waals surface area contributed by atoms with Gasteiger partial charge in [-0.25, -0.2) is 29.4 Å². The predicted molar refractivity (Wildman–Crippen MR) is 96.2 cm³/mol. The van der Waals surface area contributed by atoms with Gasteiger partial charge in [0.05, 0.1) is 25.0 Å². The van der Waals surface area contributed by atoms with Crippen molar-refractivity contribution in [2.24, 2.45) is 0 Å². The number of nitrogens with zero attached hydrogens (tertiary/aromatic N) is 6. The average Bonchev–Trinajstić information content (AvgIpc) is 3.29. The van der Waals surface area contributed by atoms with Gasteiger partial charge in [-0.05, 0) is 26.0 Å². The number of aromatic nitrogens is 7. The van der Waals surface area contributed by atoms with Crippen molar-refractivity contribution in [3.05, 3.63) is 48.6 Å². The van der Waals surface area contributed by atoms with Crippen LogP contribution in [-0.4, -0.2) is 41.3 Å². The minimum Gasteiger partial charge on any atom is -0.478 e. The number of hydrogen-bond acceptors (Lipinski definition) is 7. The van der Waals surface area contributed by atoms with Crippen LogP contribution in [0.25, 0.3) is 17.0 Å². The molecule has 4 rings (SSSR count). The van der Waals surface area contributed by atoms with Gasteiger partial charge in [0.15, 0.2) is 17.3 Å². The normalized spacial score (nSPS) is 12.3. The van der Waals surface area contributed by atoms with Gasteiger partial charge >= 0.3 is 0 Å². The van der Waals surface area contributed by atoms with Crippen molar-refractivity contribution < 1.29 is 9.13 Å². The van der Waals surface area contributed by atoms with Crippen molar-refractivity contribution in [2.45, 2.75) is 19.9 Å². The highest BCUT2D eigenvalue weighted by atomic mass is 19.1. The summed E-state index contributed by atoms with van der Waals surface area (Å²) in [4.78, 5) is 16.9. The molecule has 0 aliphatic rings. The minimum absolute atomic E-state index is 0.248. The lowest BCUT2D eigenvalue weighted by molar-refractivity contribution is 0.326. The summed E-state index contributed by atoms with van der Waals surface area (Å²) < 4.78 is 20.2. The van der Waals surface area contributed by atoms with Crippen molar-refractivity contribution in [1.82, 2.24) is 34.7 Å². The lowest BCUT2D eigenvalue weighted by Crippen LogP contribution is -2.11. The number of anilines is 1. The molecule has 0 spiro atoms. The third-order valence-corrected chi connectivity index (χ3v) is 3.87. The molecule has 0 fully saturated rings. The van der Waals surface area contributed by atoms with Crippen LogP contribution in [0.4, 0.5) is 10.2 Å². The molecular formula is C17H17FN8O. The Kier molecular flexibility index (Phi) is 4.37. The molecular weight excluding hydrogens is 351 g/mol. The number of ether oxygens (including phenoxy) is 1. The molecule has 1 atom stereocenters. The fourth-order valence-corrected chi connectivity index (χ4v) is 2.62. The summed E-state index contributed by atoms with van der Waals surface area (Å²) in [5.74, 6) is 1.82. The molecule has 27 heavy (non-hydrogen) atoms. The third kappa shape index (κ3) is 3.41. The van der Waals surface area contributed by atoms with Gasteiger partial charge in [0.2, 0.25) is 5.88 Å². The van der Waals surface area contributed by atoms with E-state index in [0.29, 0.717) is 35.6 Å². The first-order chi connectivity index (χ1) is 13.1. The first-order valence-corrected chi connectivity index (χ1v) is 8.40. The van der Waals surface area contributed by atoms with Gasteiger partial charge < -0.3 is 10.1 Å². The van der Waals surface area contributed by atoms with Gasteiger partial charge in [0.25, 0.3) is 0 Å². The van der Waals surface area contributed by atoms with E-state index in [1.165, 1.54) is 0 Å². The number of imidazole rings is 1. The Morgan fingerprint density at radius 2 is 2.07 bits per heavy atom. The van der Waals surface area contributed by atoms with Crippen LogP contribution >= 0.6 is 0 Å². The molecule has 0 bridgehead atoms. The minimum atomic E-state index is -0.472. The molecule has 0 amide bonds. The number of aromatic amines is 1. The van der Waals surface area contributed by atoms with Crippen LogP contribution in [0.15, 0.2) is 36.9 Å². The van der Waals surface area contributed by atoms with Crippen LogP contribution in [0.2, 0.25) is 0 Å². The maximum absolute atomic E-state index is 13.0. The average molecular weight is 368 g/mol. The molecule has 4 aromatic heterocycles. The molecule has 0 aromatic carbocycles. The molecule has 0 unspecified atom stereocenters. The Labute approximate surface area is 153 Å². The van der Waals surface area contributed by atoms with Crippen molar-refractivity contribution in [2.75, 3.05) is 11.9 Å². The second kappa shape index (κ2) is 6.98. The number of nitrogens with one attached hydrogen (secondary N) is 2. The van der Waals surface area contributed by atoms with E-state index in [0.717, 1.165) is 17.9 Å². The van der Waals surface area contributed by atoms with Crippen molar-refractivity contribution in [1.29, 1.82) is 0 Å². The van der Waals surface area contributed by atoms with Gasteiger partial charge in [0, 0.05) is 6.07 Å². The largest absolute Gasteiger partial charge is 0.478 e. The lowest BCUT2D eigenvalue weighted by atomic mass is 10.3. The molecule has 4 aromatic rings. The predicted octanol–water partition coefficient (Wildman–Crippen LogP) is 2.64. The van der Waals surface area contributed by atoms with E-state index >= 15 is 0 Å². The molecule has 0 aliphatic heterocycles. The van der Waals surface area contributed by atoms with E-state index in [-0.39, 0.29) is 6.04 Å². The number of pyridine rings is 1. The molecule has 138 valence electrons. The molecule has 2 N–H and O–H groups in total. The van der Waals surface area contributed by atoms with Gasteiger partial charge in [0.1, 0.15) is 23.5 Å². The zero-order valence-electron chi connectivity index (χ0n) is 14.7. The zero-order valence-corrected chi connectivity index (χ0v) is 14.7. The number of rotatable bonds is 6. The monoisotopic (exact) mass is 368 g/mol. The molecule has 4 heterocycles. The van der Waals surface area contributed by atoms with E-state index in [4.69, 9.17) is 4.74 Å². The van der Waals surface area contributed by atoms with E-state index in [1.54, 1.807) is 17.0 Å². The summed E-state index contributed by atoms with van der Waals surface area (Å²) >= 11 is 0. The second-order valence-electron chi connectivity index (χ2n) is 5.80. The topological polar surface area (TPSA) is 106 Å². The van der Waals surface area contributed by atoms with Crippen molar-refractivity contribution in [3.8, 4) is 11.7 Å². The van der Waals surface area contributed by atoms with Gasteiger partial charge in [-0.15, -0.1) is 0 Å². The Balaban J connectivity index is 1.62. The van der Waals surface area contributed by atoms with E-state index in [9.17, 15) is 4.39 Å². The number of H-pyrrole nitrogens is 1. The number of fused-ring (bicyclic) bond motifs is 1. The second-order valence-corrected chi connectivity index (χ2v) is 5.80. The van der Waals surface area contributed by atoms with E-state index < -0.39 is 5.82 Å². The Bertz CT molecular complexity index is 1060. The summed E-state index contributed by atoms with van der Waals surface area (Å²) in [6.45, 7) is 4.32. The fraction of sp³-hybridized carbons (Fsp3) is 0.235. The highest BCUT2D eigenvalue weighted by Gasteiger charge is 2.13. The quantitative estimate of drug-likeness (QED) is 0.539. The molecule has 0 aliphatic carbocycles. The van der Waals surface area contributed by atoms with Gasteiger partial charge in [-0.3, -0.25) is 4.57 Å². The summed E-state index contributed by atoms with van der Waals surface area (Å²) in [5.41, 5.74) is 1.37. The summed E-state index contributed by atoms with van der Waals surface area (Å²) in [5, 5.41) is 10.3. The van der Waals surface area contributed by atoms with Crippen LogP contribution in [0.3, 0.4) is 0 Å². The fourth-order valence-electron chi connectivity index (χ4n) is 2.62. The molecule has 0 saturated carbocycles. The summed E-state index contributed by atoms with van der Waals surface area (Å²) in [6, 6.07) is 5.20. The molecule has 9 nitrogen and oxygen atoms in total. The highest BCUT2D eigenvalue weighted by molar-refractivity contribution is 5.74. The van der Waals surface area contributed by atoms with Gasteiger partial charge in [-0.1, -0.05) is 0 Å². The Morgan fingerprint density at radius 3 is 2.85 bits per heavy atom.